The summed E-state index contributed by atoms with van der Waals surface area (Å²) in [6.45, 7) is -0.218. The van der Waals surface area contributed by atoms with Crippen LogP contribution in [0.3, 0.4) is 0 Å². The van der Waals surface area contributed by atoms with Crippen LogP contribution in [-0.4, -0.2) is 27.6 Å². The first-order valence-electron chi connectivity index (χ1n) is 5.45. The molecule has 1 atom stereocenters. The fourth-order valence-electron chi connectivity index (χ4n) is 1.61. The first-order chi connectivity index (χ1) is 8.70. The lowest BCUT2D eigenvalue weighted by atomic mass is 10.1. The van der Waals surface area contributed by atoms with Gasteiger partial charge in [0.2, 0.25) is 0 Å². The molecule has 0 saturated heterocycles. The Morgan fingerprint density at radius 2 is 2.06 bits per heavy atom. The second-order valence-corrected chi connectivity index (χ2v) is 3.78. The number of carbonyl (C=O) groups excluding carboxylic acids is 1. The number of nitrogens with one attached hydrogen (secondary N) is 3. The van der Waals surface area contributed by atoms with Crippen LogP contribution >= 0.6 is 0 Å². The zero-order valence-electron chi connectivity index (χ0n) is 9.51. The fourth-order valence-corrected chi connectivity index (χ4v) is 1.61. The third-order valence-corrected chi connectivity index (χ3v) is 2.53. The van der Waals surface area contributed by atoms with E-state index in [1.54, 1.807) is 12.1 Å². The number of H-pyrrole nitrogens is 2. The minimum absolute atomic E-state index is 0.134. The molecule has 0 aliphatic heterocycles. The van der Waals surface area contributed by atoms with E-state index in [1.807, 2.05) is 18.2 Å². The molecule has 94 valence electrons. The molecule has 1 aromatic carbocycles. The lowest BCUT2D eigenvalue weighted by Crippen LogP contribution is -2.31. The normalized spacial score (nSPS) is 12.1. The third-order valence-electron chi connectivity index (χ3n) is 2.53. The summed E-state index contributed by atoms with van der Waals surface area (Å²) in [7, 11) is 0. The number of rotatable bonds is 4. The molecule has 0 aliphatic rings. The van der Waals surface area contributed by atoms with Crippen LogP contribution in [0.1, 0.15) is 22.1 Å². The van der Waals surface area contributed by atoms with Crippen molar-refractivity contribution in [3.63, 3.8) is 0 Å². The van der Waals surface area contributed by atoms with Crippen molar-refractivity contribution >= 4 is 5.91 Å². The number of aliphatic hydroxyl groups excluding tert-OH is 1. The summed E-state index contributed by atoms with van der Waals surface area (Å²) >= 11 is 0. The van der Waals surface area contributed by atoms with Gasteiger partial charge in [-0.25, -0.2) is 4.79 Å². The molecule has 0 fully saturated rings. The first kappa shape index (κ1) is 12.1. The summed E-state index contributed by atoms with van der Waals surface area (Å²) in [6, 6.07) is 8.60. The number of amides is 1. The van der Waals surface area contributed by atoms with Crippen LogP contribution in [0.5, 0.6) is 0 Å². The molecule has 0 bridgehead atoms. The van der Waals surface area contributed by atoms with Gasteiger partial charge in [-0.3, -0.25) is 4.79 Å². The van der Waals surface area contributed by atoms with Gasteiger partial charge in [-0.2, -0.15) is 0 Å². The zero-order chi connectivity index (χ0) is 13.0. The maximum Gasteiger partial charge on any atom is 0.323 e. The van der Waals surface area contributed by atoms with Gasteiger partial charge in [0.1, 0.15) is 5.69 Å². The van der Waals surface area contributed by atoms with E-state index in [-0.39, 0.29) is 12.3 Å². The molecular formula is C12H13N3O3. The van der Waals surface area contributed by atoms with Crippen LogP contribution in [0, 0.1) is 0 Å². The number of carbonyl (C=O) groups is 1. The van der Waals surface area contributed by atoms with E-state index in [0.717, 1.165) is 5.56 Å². The molecule has 0 saturated carbocycles. The summed E-state index contributed by atoms with van der Waals surface area (Å²) < 4.78 is 0. The van der Waals surface area contributed by atoms with Crippen LogP contribution in [-0.2, 0) is 0 Å². The summed E-state index contributed by atoms with van der Waals surface area (Å²) in [6.07, 6.45) is 1.29. The first-order valence-corrected chi connectivity index (χ1v) is 5.45. The molecule has 0 radical (unpaired) electrons. The number of imidazole rings is 1. The van der Waals surface area contributed by atoms with Crippen LogP contribution in [0.15, 0.2) is 41.3 Å². The van der Waals surface area contributed by atoms with E-state index in [2.05, 4.69) is 15.3 Å². The maximum absolute atomic E-state index is 11.8. The van der Waals surface area contributed by atoms with Gasteiger partial charge in [0.05, 0.1) is 12.6 Å². The number of aliphatic hydroxyl groups is 1. The minimum Gasteiger partial charge on any atom is -0.394 e. The van der Waals surface area contributed by atoms with Crippen LogP contribution < -0.4 is 11.0 Å². The van der Waals surface area contributed by atoms with E-state index in [0.29, 0.717) is 0 Å². The zero-order valence-corrected chi connectivity index (χ0v) is 9.51. The molecule has 6 heteroatoms. The van der Waals surface area contributed by atoms with Crippen molar-refractivity contribution in [1.29, 1.82) is 0 Å². The monoisotopic (exact) mass is 247 g/mol. The van der Waals surface area contributed by atoms with Crippen molar-refractivity contribution in [2.24, 2.45) is 0 Å². The van der Waals surface area contributed by atoms with Crippen molar-refractivity contribution in [3.05, 3.63) is 58.3 Å². The van der Waals surface area contributed by atoms with E-state index >= 15 is 0 Å². The highest BCUT2D eigenvalue weighted by molar-refractivity contribution is 5.92. The molecule has 1 aromatic heterocycles. The standard InChI is InChI=1S/C12H13N3O3/c16-7-10(8-4-2-1-3-5-8)14-11(17)9-6-13-12(18)15-9/h1-6,10,16H,7H2,(H,14,17)(H2,13,15,18). The molecule has 1 unspecified atom stereocenters. The van der Waals surface area contributed by atoms with Gasteiger partial charge < -0.3 is 20.4 Å². The summed E-state index contributed by atoms with van der Waals surface area (Å²) in [5.74, 6) is -0.448. The SMILES string of the molecule is O=C(NC(CO)c1ccccc1)c1c[nH]c(=O)[nH]1. The fraction of sp³-hybridized carbons (Fsp3) is 0.167. The molecule has 1 amide bonds. The number of aromatic nitrogens is 2. The Bertz CT molecular complexity index is 574. The van der Waals surface area contributed by atoms with Crippen LogP contribution in [0.4, 0.5) is 0 Å². The molecule has 2 rings (SSSR count). The molecule has 2 aromatic rings. The predicted octanol–water partition coefficient (Wildman–Crippen LogP) is 0.166. The van der Waals surface area contributed by atoms with Crippen molar-refractivity contribution < 1.29 is 9.90 Å². The number of hydrogen-bond acceptors (Lipinski definition) is 3. The maximum atomic E-state index is 11.8. The second kappa shape index (κ2) is 5.33. The summed E-state index contributed by atoms with van der Waals surface area (Å²) in [4.78, 5) is 27.4. The lowest BCUT2D eigenvalue weighted by Gasteiger charge is -2.15. The minimum atomic E-state index is -0.503. The van der Waals surface area contributed by atoms with Gasteiger partial charge >= 0.3 is 5.69 Å². The lowest BCUT2D eigenvalue weighted by molar-refractivity contribution is 0.0911. The van der Waals surface area contributed by atoms with Crippen molar-refractivity contribution in [1.82, 2.24) is 15.3 Å². The van der Waals surface area contributed by atoms with Gasteiger partial charge in [0.25, 0.3) is 5.91 Å². The highest BCUT2D eigenvalue weighted by Crippen LogP contribution is 2.11. The largest absolute Gasteiger partial charge is 0.394 e. The van der Waals surface area contributed by atoms with Crippen molar-refractivity contribution in [3.8, 4) is 0 Å². The average Bonchev–Trinajstić information content (AvgIpc) is 2.83. The van der Waals surface area contributed by atoms with E-state index < -0.39 is 17.6 Å². The van der Waals surface area contributed by atoms with Gasteiger partial charge in [-0.1, -0.05) is 30.3 Å². The van der Waals surface area contributed by atoms with Crippen LogP contribution in [0.2, 0.25) is 0 Å². The van der Waals surface area contributed by atoms with Gasteiger partial charge in [0, 0.05) is 6.20 Å². The molecule has 18 heavy (non-hydrogen) atoms. The average molecular weight is 247 g/mol. The second-order valence-electron chi connectivity index (χ2n) is 3.78. The number of benzene rings is 1. The third kappa shape index (κ3) is 2.67. The molecular weight excluding hydrogens is 234 g/mol. The van der Waals surface area contributed by atoms with Gasteiger partial charge in [-0.15, -0.1) is 0 Å². The molecule has 0 aliphatic carbocycles. The Morgan fingerprint density at radius 1 is 1.33 bits per heavy atom. The molecule has 0 spiro atoms. The van der Waals surface area contributed by atoms with Gasteiger partial charge in [0.15, 0.2) is 0 Å². The Morgan fingerprint density at radius 3 is 2.61 bits per heavy atom. The summed E-state index contributed by atoms with van der Waals surface area (Å²) in [5.41, 5.74) is 0.487. The Hall–Kier alpha value is -2.34. The predicted molar refractivity (Wildman–Crippen MR) is 65.1 cm³/mol. The quantitative estimate of drug-likeness (QED) is 0.619. The molecule has 4 N–H and O–H groups in total. The van der Waals surface area contributed by atoms with E-state index in [9.17, 15) is 14.7 Å². The Labute approximate surface area is 103 Å². The topological polar surface area (TPSA) is 98.0 Å². The summed E-state index contributed by atoms with van der Waals surface area (Å²) in [5, 5.41) is 11.9. The van der Waals surface area contributed by atoms with E-state index in [1.165, 1.54) is 6.20 Å². The molecule has 1 heterocycles. The molecule has 6 nitrogen and oxygen atoms in total. The van der Waals surface area contributed by atoms with E-state index in [4.69, 9.17) is 0 Å². The number of aromatic amines is 2. The Kier molecular flexibility index (Phi) is 3.59. The van der Waals surface area contributed by atoms with Gasteiger partial charge in [-0.05, 0) is 5.56 Å². The van der Waals surface area contributed by atoms with Crippen LogP contribution in [0.25, 0.3) is 0 Å². The highest BCUT2D eigenvalue weighted by Gasteiger charge is 2.15. The Balaban J connectivity index is 2.12. The smallest absolute Gasteiger partial charge is 0.323 e. The van der Waals surface area contributed by atoms with Crippen molar-refractivity contribution in [2.75, 3.05) is 6.61 Å². The van der Waals surface area contributed by atoms with Crippen molar-refractivity contribution in [2.45, 2.75) is 6.04 Å². The highest BCUT2D eigenvalue weighted by atomic mass is 16.3. The number of hydrogen-bond donors (Lipinski definition) is 4.